The molecule has 6 nitrogen and oxygen atoms in total. The fourth-order valence-electron chi connectivity index (χ4n) is 3.68. The Labute approximate surface area is 157 Å². The molecule has 140 valence electrons. The smallest absolute Gasteiger partial charge is 0.262 e. The van der Waals surface area contributed by atoms with E-state index < -0.39 is 0 Å². The summed E-state index contributed by atoms with van der Waals surface area (Å²) in [7, 11) is 1.72. The molecule has 0 bridgehead atoms. The quantitative estimate of drug-likeness (QED) is 0.724. The summed E-state index contributed by atoms with van der Waals surface area (Å²) in [4.78, 5) is 33.2. The summed E-state index contributed by atoms with van der Waals surface area (Å²) in [6.45, 7) is 8.12. The molecule has 2 heterocycles. The summed E-state index contributed by atoms with van der Waals surface area (Å²) < 4.78 is 1.54. The van der Waals surface area contributed by atoms with Gasteiger partial charge in [0.2, 0.25) is 5.95 Å². The van der Waals surface area contributed by atoms with Gasteiger partial charge in [0.25, 0.3) is 5.56 Å². The molecule has 3 aromatic rings. The zero-order valence-corrected chi connectivity index (χ0v) is 16.3. The third-order valence-corrected chi connectivity index (χ3v) is 5.02. The highest BCUT2D eigenvalue weighted by Gasteiger charge is 2.29. The number of rotatable bonds is 2. The van der Waals surface area contributed by atoms with Gasteiger partial charge in [-0.2, -0.15) is 0 Å². The van der Waals surface area contributed by atoms with Gasteiger partial charge in [-0.3, -0.25) is 14.2 Å². The topological polar surface area (TPSA) is 79.8 Å². The number of nitrogens with one attached hydrogen (secondary N) is 2. The molecule has 2 N–H and O–H groups in total. The Morgan fingerprint density at radius 3 is 2.63 bits per heavy atom. The molecule has 0 amide bonds. The highest BCUT2D eigenvalue weighted by Crippen LogP contribution is 2.36. The molecule has 0 spiro atoms. The summed E-state index contributed by atoms with van der Waals surface area (Å²) in [5, 5.41) is 3.86. The molecule has 1 atom stereocenters. The number of nitrogens with zero attached hydrogens (tertiary/aromatic N) is 2. The molecule has 0 fully saturated rings. The molecule has 0 unspecified atom stereocenters. The minimum absolute atomic E-state index is 0.0999. The molecule has 1 aliphatic rings. The van der Waals surface area contributed by atoms with E-state index in [1.807, 2.05) is 45.9 Å². The number of fused-ring (bicyclic) bond motifs is 2. The standard InChI is InChI=1S/C21H24N4O2/c1-11-9-16(26)14-10-15(22-17(11)14)12-7-6-8-13-18(12)23-20(24-21(2,3)4)25(5)19(13)27/h6-8,10-11,22H,9H2,1-5H3,(H,23,24)/t11-/m0/s1. The molecule has 0 aliphatic heterocycles. The van der Waals surface area contributed by atoms with Crippen LogP contribution in [0.3, 0.4) is 0 Å². The van der Waals surface area contributed by atoms with E-state index in [9.17, 15) is 9.59 Å². The van der Waals surface area contributed by atoms with Gasteiger partial charge in [0.05, 0.1) is 10.9 Å². The molecule has 4 rings (SSSR count). The number of carbonyl (C=O) groups is 1. The number of H-pyrrole nitrogens is 1. The highest BCUT2D eigenvalue weighted by molar-refractivity contribution is 6.03. The van der Waals surface area contributed by atoms with Crippen molar-refractivity contribution in [3.8, 4) is 11.3 Å². The maximum atomic E-state index is 12.9. The minimum Gasteiger partial charge on any atom is -0.357 e. The Kier molecular flexibility index (Phi) is 3.77. The van der Waals surface area contributed by atoms with Crippen molar-refractivity contribution in [1.82, 2.24) is 14.5 Å². The Bertz CT molecular complexity index is 1130. The van der Waals surface area contributed by atoms with Crippen LogP contribution in [0, 0.1) is 0 Å². The Hall–Kier alpha value is -2.89. The summed E-state index contributed by atoms with van der Waals surface area (Å²) in [6, 6.07) is 7.48. The summed E-state index contributed by atoms with van der Waals surface area (Å²) in [5.74, 6) is 0.880. The molecule has 0 saturated carbocycles. The second-order valence-electron chi connectivity index (χ2n) is 8.42. The molecule has 1 aromatic carbocycles. The van der Waals surface area contributed by atoms with Crippen LogP contribution in [0.5, 0.6) is 0 Å². The number of para-hydroxylation sites is 1. The number of aromatic amines is 1. The van der Waals surface area contributed by atoms with Crippen LogP contribution in [-0.2, 0) is 7.05 Å². The largest absolute Gasteiger partial charge is 0.357 e. The van der Waals surface area contributed by atoms with Crippen LogP contribution in [0.4, 0.5) is 5.95 Å². The molecular weight excluding hydrogens is 340 g/mol. The number of anilines is 1. The van der Waals surface area contributed by atoms with Crippen LogP contribution < -0.4 is 10.9 Å². The lowest BCUT2D eigenvalue weighted by molar-refractivity contribution is 0.0990. The molecule has 0 radical (unpaired) electrons. The first-order valence-electron chi connectivity index (χ1n) is 9.20. The second kappa shape index (κ2) is 5.81. The number of carbonyl (C=O) groups excluding carboxylic acids is 1. The van der Waals surface area contributed by atoms with E-state index in [1.165, 1.54) is 4.57 Å². The van der Waals surface area contributed by atoms with Crippen molar-refractivity contribution in [3.63, 3.8) is 0 Å². The van der Waals surface area contributed by atoms with Crippen molar-refractivity contribution in [2.45, 2.75) is 45.6 Å². The molecular formula is C21H24N4O2. The van der Waals surface area contributed by atoms with Gasteiger partial charge in [0, 0.05) is 47.4 Å². The van der Waals surface area contributed by atoms with E-state index in [0.717, 1.165) is 22.5 Å². The minimum atomic E-state index is -0.227. The van der Waals surface area contributed by atoms with Crippen LogP contribution >= 0.6 is 0 Å². The van der Waals surface area contributed by atoms with Gasteiger partial charge in [-0.1, -0.05) is 19.1 Å². The SMILES string of the molecule is C[C@H]1CC(=O)c2cc(-c3cccc4c(=O)n(C)c(NC(C)(C)C)nc34)[nH]c21. The van der Waals surface area contributed by atoms with Crippen LogP contribution in [0.25, 0.3) is 22.2 Å². The highest BCUT2D eigenvalue weighted by atomic mass is 16.1. The predicted octanol–water partition coefficient (Wildman–Crippen LogP) is 3.83. The van der Waals surface area contributed by atoms with Crippen molar-refractivity contribution in [2.75, 3.05) is 5.32 Å². The first kappa shape index (κ1) is 17.5. The normalized spacial score (nSPS) is 16.8. The maximum Gasteiger partial charge on any atom is 0.262 e. The van der Waals surface area contributed by atoms with E-state index in [0.29, 0.717) is 23.3 Å². The Balaban J connectivity index is 1.95. The lowest BCUT2D eigenvalue weighted by Crippen LogP contribution is -2.32. The van der Waals surface area contributed by atoms with E-state index in [1.54, 1.807) is 13.1 Å². The molecule has 1 aliphatic carbocycles. The van der Waals surface area contributed by atoms with Gasteiger partial charge in [0.1, 0.15) is 0 Å². The lowest BCUT2D eigenvalue weighted by atomic mass is 10.1. The number of hydrogen-bond donors (Lipinski definition) is 2. The lowest BCUT2D eigenvalue weighted by Gasteiger charge is -2.23. The van der Waals surface area contributed by atoms with Gasteiger partial charge in [-0.25, -0.2) is 4.98 Å². The number of benzene rings is 1. The Morgan fingerprint density at radius 1 is 1.22 bits per heavy atom. The average molecular weight is 364 g/mol. The van der Waals surface area contributed by atoms with Crippen molar-refractivity contribution in [2.24, 2.45) is 7.05 Å². The van der Waals surface area contributed by atoms with Gasteiger partial charge in [-0.05, 0) is 32.9 Å². The van der Waals surface area contributed by atoms with Crippen LogP contribution in [0.15, 0.2) is 29.1 Å². The van der Waals surface area contributed by atoms with Crippen LogP contribution in [0.2, 0.25) is 0 Å². The predicted molar refractivity (Wildman–Crippen MR) is 108 cm³/mol. The molecule has 6 heteroatoms. The number of ketones is 1. The fraction of sp³-hybridized carbons (Fsp3) is 0.381. The van der Waals surface area contributed by atoms with Gasteiger partial charge >= 0.3 is 0 Å². The number of aromatic nitrogens is 3. The van der Waals surface area contributed by atoms with Crippen LogP contribution in [-0.4, -0.2) is 25.9 Å². The molecule has 27 heavy (non-hydrogen) atoms. The third-order valence-electron chi connectivity index (χ3n) is 5.02. The van der Waals surface area contributed by atoms with Crippen molar-refractivity contribution >= 4 is 22.6 Å². The number of hydrogen-bond acceptors (Lipinski definition) is 4. The van der Waals surface area contributed by atoms with E-state index in [-0.39, 0.29) is 22.8 Å². The summed E-state index contributed by atoms with van der Waals surface area (Å²) in [5.41, 5.74) is 3.69. The maximum absolute atomic E-state index is 12.9. The first-order valence-corrected chi connectivity index (χ1v) is 9.20. The second-order valence-corrected chi connectivity index (χ2v) is 8.42. The van der Waals surface area contributed by atoms with E-state index in [2.05, 4.69) is 10.3 Å². The van der Waals surface area contributed by atoms with E-state index >= 15 is 0 Å². The van der Waals surface area contributed by atoms with Crippen molar-refractivity contribution in [1.29, 1.82) is 0 Å². The van der Waals surface area contributed by atoms with Gasteiger partial charge in [-0.15, -0.1) is 0 Å². The zero-order chi connectivity index (χ0) is 19.5. The fourth-order valence-corrected chi connectivity index (χ4v) is 3.68. The van der Waals surface area contributed by atoms with Gasteiger partial charge in [0.15, 0.2) is 5.78 Å². The Morgan fingerprint density at radius 2 is 1.96 bits per heavy atom. The van der Waals surface area contributed by atoms with Crippen LogP contribution in [0.1, 0.15) is 56.1 Å². The molecule has 2 aromatic heterocycles. The third kappa shape index (κ3) is 2.85. The van der Waals surface area contributed by atoms with Gasteiger partial charge < -0.3 is 10.3 Å². The average Bonchev–Trinajstić information content (AvgIpc) is 3.13. The monoisotopic (exact) mass is 364 g/mol. The van der Waals surface area contributed by atoms with E-state index in [4.69, 9.17) is 4.98 Å². The zero-order valence-electron chi connectivity index (χ0n) is 16.3. The molecule has 0 saturated heterocycles. The number of Topliss-reactive ketones (excluding diaryl/α,β-unsaturated/α-hetero) is 1. The summed E-state index contributed by atoms with van der Waals surface area (Å²) >= 11 is 0. The summed E-state index contributed by atoms with van der Waals surface area (Å²) in [6.07, 6.45) is 0.551. The van der Waals surface area contributed by atoms with Crippen molar-refractivity contribution < 1.29 is 4.79 Å². The van der Waals surface area contributed by atoms with Crippen molar-refractivity contribution in [3.05, 3.63) is 45.9 Å². The first-order chi connectivity index (χ1) is 12.7.